The van der Waals surface area contributed by atoms with Gasteiger partial charge >= 0.3 is 0 Å². The fourth-order valence-corrected chi connectivity index (χ4v) is 7.72. The van der Waals surface area contributed by atoms with Gasteiger partial charge in [-0.1, -0.05) is 103 Å². The highest BCUT2D eigenvalue weighted by Crippen LogP contribution is 2.51. The van der Waals surface area contributed by atoms with E-state index in [0.29, 0.717) is 0 Å². The largest absolute Gasteiger partial charge is 0.310 e. The van der Waals surface area contributed by atoms with E-state index in [2.05, 4.69) is 155 Å². The van der Waals surface area contributed by atoms with Crippen LogP contribution in [0.5, 0.6) is 0 Å². The number of rotatable bonds is 3. The van der Waals surface area contributed by atoms with Gasteiger partial charge in [-0.3, -0.25) is 4.57 Å². The number of fused-ring (bicyclic) bond motifs is 8. The van der Waals surface area contributed by atoms with Crippen LogP contribution >= 0.6 is 0 Å². The molecule has 0 amide bonds. The van der Waals surface area contributed by atoms with Gasteiger partial charge in [0.1, 0.15) is 5.82 Å². The van der Waals surface area contributed by atoms with Crippen molar-refractivity contribution in [2.75, 3.05) is 0 Å². The Morgan fingerprint density at radius 1 is 0.545 bits per heavy atom. The van der Waals surface area contributed by atoms with Crippen molar-refractivity contribution in [1.29, 1.82) is 0 Å². The molecule has 2 aliphatic rings. The van der Waals surface area contributed by atoms with Gasteiger partial charge in [0.2, 0.25) is 0 Å². The van der Waals surface area contributed by atoms with Crippen molar-refractivity contribution >= 4 is 49.3 Å². The van der Waals surface area contributed by atoms with Gasteiger partial charge in [-0.15, -0.1) is 0 Å². The van der Waals surface area contributed by atoms with Crippen molar-refractivity contribution in [3.8, 4) is 27.9 Å². The molecule has 0 saturated heterocycles. The summed E-state index contributed by atoms with van der Waals surface area (Å²) in [7, 11) is 0. The number of allylic oxidation sites excluding steroid dienone is 4. The molecule has 0 N–H and O–H groups in total. The van der Waals surface area contributed by atoms with Gasteiger partial charge in [-0.2, -0.15) is 0 Å². The summed E-state index contributed by atoms with van der Waals surface area (Å²) in [5.41, 5.74) is 12.4. The minimum atomic E-state index is 0.173. The fourth-order valence-electron chi connectivity index (χ4n) is 7.72. The average molecular weight is 562 g/mol. The molecular formula is C41H27N3. The molecule has 0 bridgehead atoms. The van der Waals surface area contributed by atoms with Gasteiger partial charge in [-0.25, -0.2) is 4.98 Å². The second-order valence-corrected chi connectivity index (χ2v) is 11.9. The maximum absolute atomic E-state index is 5.16. The lowest BCUT2D eigenvalue weighted by molar-refractivity contribution is 0.757. The molecule has 6 aromatic carbocycles. The van der Waals surface area contributed by atoms with Crippen LogP contribution in [0.3, 0.4) is 0 Å². The first-order valence-corrected chi connectivity index (χ1v) is 15.4. The molecule has 2 heterocycles. The Balaban J connectivity index is 1.16. The second kappa shape index (κ2) is 8.92. The first-order valence-electron chi connectivity index (χ1n) is 15.4. The Kier molecular flexibility index (Phi) is 4.83. The summed E-state index contributed by atoms with van der Waals surface area (Å²) in [4.78, 5) is 5.16. The zero-order valence-electron chi connectivity index (χ0n) is 24.0. The Labute approximate surface area is 254 Å². The summed E-state index contributed by atoms with van der Waals surface area (Å²) in [5, 5.41) is 5.33. The van der Waals surface area contributed by atoms with E-state index in [9.17, 15) is 0 Å². The minimum absolute atomic E-state index is 0.173. The van der Waals surface area contributed by atoms with E-state index < -0.39 is 0 Å². The number of nitrogens with zero attached hydrogens (tertiary/aromatic N) is 3. The van der Waals surface area contributed by atoms with Crippen molar-refractivity contribution in [2.45, 2.75) is 12.3 Å². The molecule has 2 aromatic heterocycles. The second-order valence-electron chi connectivity index (χ2n) is 11.9. The fraction of sp³-hybridized carbons (Fsp3) is 0.0488. The lowest BCUT2D eigenvalue weighted by Crippen LogP contribution is -2.09. The topological polar surface area (TPSA) is 22.8 Å². The van der Waals surface area contributed by atoms with Gasteiger partial charge in [0.05, 0.1) is 22.1 Å². The SMILES string of the molecule is C1=CC(c2nc3ccccc3n2-c2ccccc2)CC=C1n1c2ccccc2c2c3cccc4c3c(cc21)-c1ccccc1-4. The van der Waals surface area contributed by atoms with E-state index in [1.807, 2.05) is 0 Å². The van der Waals surface area contributed by atoms with Crippen molar-refractivity contribution in [2.24, 2.45) is 0 Å². The van der Waals surface area contributed by atoms with Crippen LogP contribution in [0.2, 0.25) is 0 Å². The van der Waals surface area contributed by atoms with E-state index in [0.717, 1.165) is 29.0 Å². The number of imidazole rings is 1. The van der Waals surface area contributed by atoms with Gasteiger partial charge in [-0.05, 0) is 81.9 Å². The Bertz CT molecular complexity index is 2520. The molecule has 2 aliphatic carbocycles. The summed E-state index contributed by atoms with van der Waals surface area (Å²) in [5.74, 6) is 1.25. The van der Waals surface area contributed by atoms with Crippen molar-refractivity contribution in [1.82, 2.24) is 14.1 Å². The minimum Gasteiger partial charge on any atom is -0.310 e. The third-order valence-corrected chi connectivity index (χ3v) is 9.57. The molecule has 1 unspecified atom stereocenters. The number of benzene rings is 6. The van der Waals surface area contributed by atoms with Gasteiger partial charge in [0.25, 0.3) is 0 Å². The van der Waals surface area contributed by atoms with Crippen LogP contribution in [0.25, 0.3) is 77.2 Å². The predicted octanol–water partition coefficient (Wildman–Crippen LogP) is 10.5. The summed E-state index contributed by atoms with van der Waals surface area (Å²) in [6.45, 7) is 0. The van der Waals surface area contributed by atoms with Crippen LogP contribution in [-0.2, 0) is 0 Å². The zero-order chi connectivity index (χ0) is 28.8. The highest BCUT2D eigenvalue weighted by atomic mass is 15.1. The number of aromatic nitrogens is 3. The monoisotopic (exact) mass is 561 g/mol. The van der Waals surface area contributed by atoms with Crippen molar-refractivity contribution < 1.29 is 0 Å². The molecule has 8 aromatic rings. The van der Waals surface area contributed by atoms with E-state index >= 15 is 0 Å². The number of para-hydroxylation sites is 4. The molecule has 10 rings (SSSR count). The Morgan fingerprint density at radius 3 is 2.09 bits per heavy atom. The molecule has 1 atom stereocenters. The molecule has 3 nitrogen and oxygen atoms in total. The summed E-state index contributed by atoms with van der Waals surface area (Å²) < 4.78 is 4.80. The lowest BCUT2D eigenvalue weighted by atomic mass is 9.97. The zero-order valence-corrected chi connectivity index (χ0v) is 24.0. The number of hydrogen-bond donors (Lipinski definition) is 0. The van der Waals surface area contributed by atoms with Gasteiger partial charge < -0.3 is 4.57 Å². The smallest absolute Gasteiger partial charge is 0.121 e. The average Bonchev–Trinajstić information content (AvgIpc) is 3.75. The van der Waals surface area contributed by atoms with Gasteiger partial charge in [0.15, 0.2) is 0 Å². The maximum atomic E-state index is 5.16. The normalized spacial score (nSPS) is 15.5. The first kappa shape index (κ1) is 23.8. The quantitative estimate of drug-likeness (QED) is 0.210. The number of hydrogen-bond acceptors (Lipinski definition) is 1. The van der Waals surface area contributed by atoms with Crippen LogP contribution < -0.4 is 0 Å². The van der Waals surface area contributed by atoms with Crippen molar-refractivity contribution in [3.63, 3.8) is 0 Å². The molecule has 0 fully saturated rings. The summed E-state index contributed by atoms with van der Waals surface area (Å²) in [6, 6.07) is 46.0. The van der Waals surface area contributed by atoms with E-state index in [1.54, 1.807) is 0 Å². The third kappa shape index (κ3) is 3.18. The molecule has 0 aliphatic heterocycles. The maximum Gasteiger partial charge on any atom is 0.121 e. The van der Waals surface area contributed by atoms with Crippen LogP contribution in [0.15, 0.2) is 146 Å². The van der Waals surface area contributed by atoms with E-state index in [-0.39, 0.29) is 5.92 Å². The summed E-state index contributed by atoms with van der Waals surface area (Å²) in [6.07, 6.45) is 7.94. The summed E-state index contributed by atoms with van der Waals surface area (Å²) >= 11 is 0. The molecule has 206 valence electrons. The molecule has 0 saturated carbocycles. The predicted molar refractivity (Wildman–Crippen MR) is 183 cm³/mol. The Hall–Kier alpha value is -5.67. The van der Waals surface area contributed by atoms with Crippen molar-refractivity contribution in [3.05, 3.63) is 151 Å². The van der Waals surface area contributed by atoms with E-state index in [4.69, 9.17) is 4.98 Å². The van der Waals surface area contributed by atoms with Gasteiger partial charge in [0, 0.05) is 28.1 Å². The van der Waals surface area contributed by atoms with Crippen LogP contribution in [0.4, 0.5) is 0 Å². The Morgan fingerprint density at radius 2 is 1.25 bits per heavy atom. The molecule has 44 heavy (non-hydrogen) atoms. The molecule has 0 radical (unpaired) electrons. The first-order chi connectivity index (χ1) is 21.8. The standard InChI is InChI=1S/C41H27N3/c1-2-11-27(12-3-1)44-37-20-9-7-18-35(37)42-41(44)26-21-23-28(24-22-26)43-36-19-8-6-15-32(36)40-33-17-10-16-31-29-13-4-5-14-30(29)34(39(31)33)25-38(40)43/h1-21,23-26H,22H2. The highest BCUT2D eigenvalue weighted by molar-refractivity contribution is 6.29. The van der Waals surface area contributed by atoms with Crippen LogP contribution in [0, 0.1) is 0 Å². The molecular weight excluding hydrogens is 534 g/mol. The lowest BCUT2D eigenvalue weighted by Gasteiger charge is -2.20. The highest BCUT2D eigenvalue weighted by Gasteiger charge is 2.26. The van der Waals surface area contributed by atoms with Crippen LogP contribution in [0.1, 0.15) is 18.2 Å². The van der Waals surface area contributed by atoms with Crippen LogP contribution in [-0.4, -0.2) is 14.1 Å². The molecule has 0 spiro atoms. The molecule has 3 heteroatoms. The van der Waals surface area contributed by atoms with E-state index in [1.165, 1.54) is 60.5 Å². The third-order valence-electron chi connectivity index (χ3n) is 9.57.